The molecule has 7 heteroatoms. The van der Waals surface area contributed by atoms with Crippen LogP contribution in [-0.4, -0.2) is 40.8 Å². The summed E-state index contributed by atoms with van der Waals surface area (Å²) < 4.78 is 13.9. The maximum atomic E-state index is 13.9. The first-order valence-electron chi connectivity index (χ1n) is 8.01. The van der Waals surface area contributed by atoms with E-state index in [9.17, 15) is 14.0 Å². The number of likely N-dealkylation sites (tertiary alicyclic amines) is 1. The maximum absolute atomic E-state index is 13.9. The number of benzene rings is 1. The van der Waals surface area contributed by atoms with E-state index in [1.165, 1.54) is 18.2 Å². The van der Waals surface area contributed by atoms with Gasteiger partial charge in [-0.05, 0) is 37.1 Å². The second-order valence-electron chi connectivity index (χ2n) is 5.85. The Morgan fingerprint density at radius 3 is 2.56 bits per heavy atom. The first-order valence-corrected chi connectivity index (χ1v) is 8.39. The molecule has 1 fully saturated rings. The summed E-state index contributed by atoms with van der Waals surface area (Å²) in [6.07, 6.45) is 2.75. The molecule has 0 aliphatic carbocycles. The summed E-state index contributed by atoms with van der Waals surface area (Å²) in [4.78, 5) is 30.2. The molecule has 0 atom stereocenters. The Bertz CT molecular complexity index is 757. The molecule has 1 aliphatic heterocycles. The molecule has 0 radical (unpaired) electrons. The van der Waals surface area contributed by atoms with Crippen LogP contribution in [0.2, 0.25) is 5.02 Å². The zero-order chi connectivity index (χ0) is 17.8. The van der Waals surface area contributed by atoms with Gasteiger partial charge in [-0.2, -0.15) is 0 Å². The van der Waals surface area contributed by atoms with Gasteiger partial charge in [-0.3, -0.25) is 14.6 Å². The molecule has 25 heavy (non-hydrogen) atoms. The number of nitrogens with one attached hydrogen (secondary N) is 1. The van der Waals surface area contributed by atoms with E-state index in [1.54, 1.807) is 29.3 Å². The highest BCUT2D eigenvalue weighted by Gasteiger charge is 2.27. The molecular weight excluding hydrogens is 345 g/mol. The summed E-state index contributed by atoms with van der Waals surface area (Å²) >= 11 is 5.96. The lowest BCUT2D eigenvalue weighted by molar-refractivity contribution is 0.0693. The summed E-state index contributed by atoms with van der Waals surface area (Å²) in [5.74, 6) is -1.27. The van der Waals surface area contributed by atoms with Gasteiger partial charge in [0.25, 0.3) is 11.8 Å². The summed E-state index contributed by atoms with van der Waals surface area (Å²) in [6, 6.07) is 9.28. The largest absolute Gasteiger partial charge is 0.348 e. The van der Waals surface area contributed by atoms with Crippen LogP contribution in [0, 0.1) is 5.82 Å². The highest BCUT2D eigenvalue weighted by Crippen LogP contribution is 2.22. The smallest absolute Gasteiger partial charge is 0.270 e. The lowest BCUT2D eigenvalue weighted by atomic mass is 10.0. The van der Waals surface area contributed by atoms with Crippen molar-refractivity contribution in [1.29, 1.82) is 0 Å². The van der Waals surface area contributed by atoms with Crippen molar-refractivity contribution < 1.29 is 14.0 Å². The van der Waals surface area contributed by atoms with E-state index < -0.39 is 11.7 Å². The molecule has 0 unspecified atom stereocenters. The molecule has 2 aromatic rings. The van der Waals surface area contributed by atoms with Crippen LogP contribution in [0.3, 0.4) is 0 Å². The van der Waals surface area contributed by atoms with Crippen molar-refractivity contribution in [3.8, 4) is 0 Å². The second-order valence-corrected chi connectivity index (χ2v) is 6.26. The lowest BCUT2D eigenvalue weighted by Gasteiger charge is -2.32. The average Bonchev–Trinajstić information content (AvgIpc) is 2.63. The van der Waals surface area contributed by atoms with E-state index in [1.807, 2.05) is 0 Å². The minimum absolute atomic E-state index is 0.0466. The van der Waals surface area contributed by atoms with Crippen LogP contribution in [0.4, 0.5) is 4.39 Å². The molecule has 1 aromatic carbocycles. The Morgan fingerprint density at radius 2 is 1.92 bits per heavy atom. The molecule has 5 nitrogen and oxygen atoms in total. The van der Waals surface area contributed by atoms with Crippen molar-refractivity contribution in [2.45, 2.75) is 18.9 Å². The van der Waals surface area contributed by atoms with Crippen LogP contribution in [0.25, 0.3) is 0 Å². The zero-order valence-electron chi connectivity index (χ0n) is 13.4. The highest BCUT2D eigenvalue weighted by molar-refractivity contribution is 6.33. The predicted octanol–water partition coefficient (Wildman–Crippen LogP) is 2.91. The molecule has 0 spiro atoms. The van der Waals surface area contributed by atoms with Crippen molar-refractivity contribution in [3.05, 3.63) is 64.7 Å². The molecule has 0 saturated carbocycles. The van der Waals surface area contributed by atoms with Gasteiger partial charge in [-0.25, -0.2) is 4.39 Å². The molecule has 2 heterocycles. The minimum atomic E-state index is -0.622. The molecule has 3 rings (SSSR count). The van der Waals surface area contributed by atoms with E-state index in [0.29, 0.717) is 31.6 Å². The number of nitrogens with zero attached hydrogens (tertiary/aromatic N) is 2. The van der Waals surface area contributed by atoms with Crippen molar-refractivity contribution in [2.75, 3.05) is 13.1 Å². The van der Waals surface area contributed by atoms with Gasteiger partial charge in [-0.15, -0.1) is 0 Å². The first-order chi connectivity index (χ1) is 12.1. The zero-order valence-corrected chi connectivity index (χ0v) is 14.2. The van der Waals surface area contributed by atoms with E-state index >= 15 is 0 Å². The number of pyridine rings is 1. The fourth-order valence-corrected chi connectivity index (χ4v) is 3.09. The Labute approximate surface area is 149 Å². The fourth-order valence-electron chi connectivity index (χ4n) is 2.84. The summed E-state index contributed by atoms with van der Waals surface area (Å²) in [5.41, 5.74) is 0.263. The predicted molar refractivity (Wildman–Crippen MR) is 92.0 cm³/mol. The van der Waals surface area contributed by atoms with Crippen molar-refractivity contribution in [2.24, 2.45) is 0 Å². The topological polar surface area (TPSA) is 62.3 Å². The lowest BCUT2D eigenvalue weighted by Crippen LogP contribution is -2.46. The number of hydrogen-bond donors (Lipinski definition) is 1. The van der Waals surface area contributed by atoms with Crippen molar-refractivity contribution in [3.63, 3.8) is 0 Å². The van der Waals surface area contributed by atoms with Gasteiger partial charge in [0, 0.05) is 25.3 Å². The van der Waals surface area contributed by atoms with Crippen LogP contribution < -0.4 is 5.32 Å². The average molecular weight is 362 g/mol. The van der Waals surface area contributed by atoms with Crippen LogP contribution in [0.15, 0.2) is 42.6 Å². The second kappa shape index (κ2) is 7.61. The normalized spacial score (nSPS) is 15.0. The van der Waals surface area contributed by atoms with E-state index in [0.717, 1.165) is 0 Å². The molecule has 0 bridgehead atoms. The number of aromatic nitrogens is 1. The summed E-state index contributed by atoms with van der Waals surface area (Å²) in [6.45, 7) is 0.854. The van der Waals surface area contributed by atoms with Gasteiger partial charge >= 0.3 is 0 Å². The van der Waals surface area contributed by atoms with Crippen molar-refractivity contribution in [1.82, 2.24) is 15.2 Å². The van der Waals surface area contributed by atoms with Gasteiger partial charge in [0.05, 0.1) is 10.6 Å². The van der Waals surface area contributed by atoms with Crippen LogP contribution in [0.1, 0.15) is 33.7 Å². The monoisotopic (exact) mass is 361 g/mol. The highest BCUT2D eigenvalue weighted by atomic mass is 35.5. The quantitative estimate of drug-likeness (QED) is 0.914. The molecule has 1 saturated heterocycles. The van der Waals surface area contributed by atoms with Crippen LogP contribution in [0.5, 0.6) is 0 Å². The van der Waals surface area contributed by atoms with Gasteiger partial charge in [0.2, 0.25) is 0 Å². The molecule has 130 valence electrons. The molecule has 2 amide bonds. The summed E-state index contributed by atoms with van der Waals surface area (Å²) in [5, 5.41) is 3.02. The number of halogens is 2. The van der Waals surface area contributed by atoms with Gasteiger partial charge < -0.3 is 10.2 Å². The number of rotatable bonds is 3. The Hall–Kier alpha value is -2.47. The number of carbonyl (C=O) groups is 2. The van der Waals surface area contributed by atoms with Crippen molar-refractivity contribution >= 4 is 23.4 Å². The van der Waals surface area contributed by atoms with Crippen LogP contribution in [-0.2, 0) is 0 Å². The number of piperidine rings is 1. The molecular formula is C18H17ClFN3O2. The number of hydrogen-bond acceptors (Lipinski definition) is 3. The van der Waals surface area contributed by atoms with E-state index in [2.05, 4.69) is 10.3 Å². The Morgan fingerprint density at radius 1 is 1.16 bits per heavy atom. The number of amides is 2. The maximum Gasteiger partial charge on any atom is 0.270 e. The standard InChI is InChI=1S/C18H17ClFN3O2/c19-13-4-3-5-14(20)16(13)18(25)23-10-7-12(8-11-23)22-17(24)15-6-1-2-9-21-15/h1-6,9,12H,7-8,10-11H2,(H,22,24). The minimum Gasteiger partial charge on any atom is -0.348 e. The molecule has 1 aromatic heterocycles. The van der Waals surface area contributed by atoms with Crippen LogP contribution >= 0.6 is 11.6 Å². The molecule has 1 N–H and O–H groups in total. The third-order valence-corrected chi connectivity index (χ3v) is 4.51. The SMILES string of the molecule is O=C(NC1CCN(C(=O)c2c(F)cccc2Cl)CC1)c1ccccn1. The Balaban J connectivity index is 1.59. The third kappa shape index (κ3) is 3.96. The fraction of sp³-hybridized carbons (Fsp3) is 0.278. The third-order valence-electron chi connectivity index (χ3n) is 4.19. The van der Waals surface area contributed by atoms with Gasteiger partial charge in [0.1, 0.15) is 11.5 Å². The van der Waals surface area contributed by atoms with E-state index in [-0.39, 0.29) is 22.5 Å². The molecule has 1 aliphatic rings. The summed E-state index contributed by atoms with van der Waals surface area (Å²) in [7, 11) is 0. The van der Waals surface area contributed by atoms with E-state index in [4.69, 9.17) is 11.6 Å². The van der Waals surface area contributed by atoms with Gasteiger partial charge in [-0.1, -0.05) is 23.7 Å². The number of carbonyl (C=O) groups excluding carboxylic acids is 2. The Kier molecular flexibility index (Phi) is 5.28. The first kappa shape index (κ1) is 17.4. The van der Waals surface area contributed by atoms with Gasteiger partial charge in [0.15, 0.2) is 0 Å².